The molecule has 0 aliphatic carbocycles. The minimum Gasteiger partial charge on any atom is -0.397 e. The molecular formula is C14H14N2Na. The van der Waals surface area contributed by atoms with Crippen LogP contribution in [0.4, 0.5) is 0 Å². The van der Waals surface area contributed by atoms with E-state index in [0.29, 0.717) is 11.4 Å². The maximum atomic E-state index is 6.03. The summed E-state index contributed by atoms with van der Waals surface area (Å²) in [5.74, 6) is 0. The first-order chi connectivity index (χ1) is 7.79. The van der Waals surface area contributed by atoms with Crippen molar-refractivity contribution < 1.29 is 0 Å². The average molecular weight is 233 g/mol. The van der Waals surface area contributed by atoms with Crippen molar-refractivity contribution in [3.63, 3.8) is 0 Å². The van der Waals surface area contributed by atoms with Gasteiger partial charge in [0.15, 0.2) is 0 Å². The van der Waals surface area contributed by atoms with Crippen LogP contribution in [0, 0.1) is 0 Å². The molecule has 17 heavy (non-hydrogen) atoms. The molecule has 2 aromatic rings. The molecule has 0 spiro atoms. The monoisotopic (exact) mass is 233 g/mol. The van der Waals surface area contributed by atoms with Gasteiger partial charge in [-0.25, -0.2) is 0 Å². The van der Waals surface area contributed by atoms with Crippen molar-refractivity contribution in [3.05, 3.63) is 71.8 Å². The Labute approximate surface area is 124 Å². The summed E-state index contributed by atoms with van der Waals surface area (Å²) in [5.41, 5.74) is 15.2. The molecule has 1 radical (unpaired) electrons. The van der Waals surface area contributed by atoms with E-state index < -0.39 is 0 Å². The first-order valence-electron chi connectivity index (χ1n) is 5.15. The van der Waals surface area contributed by atoms with Gasteiger partial charge in [0.2, 0.25) is 0 Å². The molecule has 2 nitrogen and oxygen atoms in total. The molecule has 0 atom stereocenters. The van der Waals surface area contributed by atoms with E-state index in [1.165, 1.54) is 0 Å². The summed E-state index contributed by atoms with van der Waals surface area (Å²) < 4.78 is 0. The van der Waals surface area contributed by atoms with E-state index in [1.807, 2.05) is 60.7 Å². The number of nitrogens with two attached hydrogens (primary N) is 2. The Morgan fingerprint density at radius 1 is 0.588 bits per heavy atom. The van der Waals surface area contributed by atoms with Gasteiger partial charge in [-0.2, -0.15) is 0 Å². The van der Waals surface area contributed by atoms with Crippen molar-refractivity contribution in [1.82, 2.24) is 0 Å². The Balaban J connectivity index is 0.00000144. The van der Waals surface area contributed by atoms with Crippen LogP contribution in [0.5, 0.6) is 0 Å². The molecule has 0 unspecified atom stereocenters. The number of hydrogen-bond acceptors (Lipinski definition) is 2. The van der Waals surface area contributed by atoms with Gasteiger partial charge >= 0.3 is 0 Å². The molecule has 0 fully saturated rings. The predicted octanol–water partition coefficient (Wildman–Crippen LogP) is 2.05. The number of rotatable bonds is 2. The van der Waals surface area contributed by atoms with Crippen LogP contribution in [-0.4, -0.2) is 29.6 Å². The van der Waals surface area contributed by atoms with Gasteiger partial charge in [0.05, 0.1) is 11.4 Å². The molecule has 3 heteroatoms. The SMILES string of the molecule is NC(=C(N)c1ccccc1)c1ccccc1.[Na]. The van der Waals surface area contributed by atoms with Gasteiger partial charge in [-0.05, 0) is 11.1 Å². The fraction of sp³-hybridized carbons (Fsp3) is 0. The smallest absolute Gasteiger partial charge is 0.0627 e. The predicted molar refractivity (Wildman–Crippen MR) is 73.8 cm³/mol. The molecule has 4 N–H and O–H groups in total. The first-order valence-corrected chi connectivity index (χ1v) is 5.15. The quantitative estimate of drug-likeness (QED) is 0.616. The second kappa shape index (κ2) is 6.50. The van der Waals surface area contributed by atoms with Gasteiger partial charge < -0.3 is 11.5 Å². The minimum atomic E-state index is 0. The van der Waals surface area contributed by atoms with Crippen molar-refractivity contribution in [2.75, 3.05) is 0 Å². The van der Waals surface area contributed by atoms with E-state index >= 15 is 0 Å². The first kappa shape index (κ1) is 13.8. The summed E-state index contributed by atoms with van der Waals surface area (Å²) in [6, 6.07) is 19.5. The summed E-state index contributed by atoms with van der Waals surface area (Å²) in [7, 11) is 0. The average Bonchev–Trinajstić information content (AvgIpc) is 2.39. The topological polar surface area (TPSA) is 52.0 Å². The molecule has 0 bridgehead atoms. The summed E-state index contributed by atoms with van der Waals surface area (Å²) in [6.07, 6.45) is 0. The van der Waals surface area contributed by atoms with Crippen LogP contribution in [-0.2, 0) is 0 Å². The molecule has 0 amide bonds. The third kappa shape index (κ3) is 3.37. The summed E-state index contributed by atoms with van der Waals surface area (Å²) in [5, 5.41) is 0. The van der Waals surface area contributed by atoms with Gasteiger partial charge in [-0.3, -0.25) is 0 Å². The standard InChI is InChI=1S/C14H14N2.Na/c15-13(11-7-3-1-4-8-11)14(16)12-9-5-2-6-10-12;/h1-10H,15-16H2;. The fourth-order valence-electron chi connectivity index (χ4n) is 1.55. The molecular weight excluding hydrogens is 219 g/mol. The van der Waals surface area contributed by atoms with E-state index in [2.05, 4.69) is 0 Å². The van der Waals surface area contributed by atoms with E-state index in [-0.39, 0.29) is 29.6 Å². The maximum absolute atomic E-state index is 6.03. The molecule has 2 rings (SSSR count). The van der Waals surface area contributed by atoms with E-state index in [9.17, 15) is 0 Å². The van der Waals surface area contributed by atoms with Gasteiger partial charge in [-0.1, -0.05) is 60.7 Å². The summed E-state index contributed by atoms with van der Waals surface area (Å²) in [6.45, 7) is 0. The zero-order chi connectivity index (χ0) is 11.4. The zero-order valence-electron chi connectivity index (χ0n) is 9.93. The normalized spacial score (nSPS) is 11.3. The van der Waals surface area contributed by atoms with Crippen LogP contribution in [0.1, 0.15) is 11.1 Å². The van der Waals surface area contributed by atoms with Crippen LogP contribution in [0.2, 0.25) is 0 Å². The molecule has 0 aromatic heterocycles. The summed E-state index contributed by atoms with van der Waals surface area (Å²) in [4.78, 5) is 0. The third-order valence-electron chi connectivity index (χ3n) is 2.46. The van der Waals surface area contributed by atoms with Gasteiger partial charge in [0, 0.05) is 29.6 Å². The number of benzene rings is 2. The van der Waals surface area contributed by atoms with Crippen molar-refractivity contribution in [2.45, 2.75) is 0 Å². The van der Waals surface area contributed by atoms with Crippen LogP contribution >= 0.6 is 0 Å². The molecule has 81 valence electrons. The maximum Gasteiger partial charge on any atom is 0.0627 e. The fourth-order valence-corrected chi connectivity index (χ4v) is 1.55. The largest absolute Gasteiger partial charge is 0.397 e. The van der Waals surface area contributed by atoms with Gasteiger partial charge in [-0.15, -0.1) is 0 Å². The van der Waals surface area contributed by atoms with E-state index in [1.54, 1.807) is 0 Å². The zero-order valence-corrected chi connectivity index (χ0v) is 11.9. The molecule has 0 saturated heterocycles. The van der Waals surface area contributed by atoms with Crippen LogP contribution in [0.25, 0.3) is 11.4 Å². The second-order valence-corrected chi connectivity index (χ2v) is 3.56. The second-order valence-electron chi connectivity index (χ2n) is 3.56. The molecule has 2 aromatic carbocycles. The molecule has 0 heterocycles. The Hall–Kier alpha value is -1.22. The van der Waals surface area contributed by atoms with Gasteiger partial charge in [0.1, 0.15) is 0 Å². The Bertz CT molecular complexity index is 445. The van der Waals surface area contributed by atoms with E-state index in [0.717, 1.165) is 11.1 Å². The van der Waals surface area contributed by atoms with Crippen LogP contribution in [0.3, 0.4) is 0 Å². The van der Waals surface area contributed by atoms with Crippen molar-refractivity contribution in [1.29, 1.82) is 0 Å². The van der Waals surface area contributed by atoms with Crippen molar-refractivity contribution >= 4 is 41.0 Å². The Morgan fingerprint density at radius 3 is 1.18 bits per heavy atom. The van der Waals surface area contributed by atoms with Crippen molar-refractivity contribution in [2.24, 2.45) is 11.5 Å². The Morgan fingerprint density at radius 2 is 0.882 bits per heavy atom. The molecule has 0 aliphatic rings. The number of hydrogen-bond donors (Lipinski definition) is 2. The minimum absolute atomic E-state index is 0. The Kier molecular flexibility index (Phi) is 5.29. The van der Waals surface area contributed by atoms with Crippen LogP contribution < -0.4 is 11.5 Å². The summed E-state index contributed by atoms with van der Waals surface area (Å²) >= 11 is 0. The van der Waals surface area contributed by atoms with Crippen molar-refractivity contribution in [3.8, 4) is 0 Å². The van der Waals surface area contributed by atoms with Crippen LogP contribution in [0.15, 0.2) is 60.7 Å². The molecule has 0 saturated carbocycles. The van der Waals surface area contributed by atoms with E-state index in [4.69, 9.17) is 11.5 Å². The third-order valence-corrected chi connectivity index (χ3v) is 2.46. The molecule has 0 aliphatic heterocycles. The van der Waals surface area contributed by atoms with Gasteiger partial charge in [0.25, 0.3) is 0 Å².